The summed E-state index contributed by atoms with van der Waals surface area (Å²) in [6, 6.07) is 1.45. The lowest BCUT2D eigenvalue weighted by molar-refractivity contribution is 0.603. The molecule has 0 aliphatic rings. The van der Waals surface area contributed by atoms with Gasteiger partial charge in [-0.3, -0.25) is 0 Å². The summed E-state index contributed by atoms with van der Waals surface area (Å²) >= 11 is 7.22. The first kappa shape index (κ1) is 9.80. The summed E-state index contributed by atoms with van der Waals surface area (Å²) in [6.07, 6.45) is 0. The number of alkyl halides is 1. The van der Waals surface area contributed by atoms with Crippen LogP contribution in [0.1, 0.15) is 23.0 Å². The van der Waals surface area contributed by atoms with Crippen molar-refractivity contribution in [3.8, 4) is 0 Å². The van der Waals surface area contributed by atoms with E-state index < -0.39 is 5.38 Å². The second-order valence-corrected chi connectivity index (χ2v) is 4.92. The lowest BCUT2D eigenvalue weighted by atomic mass is 10.3. The van der Waals surface area contributed by atoms with Gasteiger partial charge in [-0.2, -0.15) is 0 Å². The van der Waals surface area contributed by atoms with Crippen molar-refractivity contribution < 1.29 is 4.39 Å². The second kappa shape index (κ2) is 3.44. The van der Waals surface area contributed by atoms with E-state index in [1.165, 1.54) is 17.4 Å². The summed E-state index contributed by atoms with van der Waals surface area (Å²) in [7, 11) is 0. The highest BCUT2D eigenvalue weighted by atomic mass is 35.5. The lowest BCUT2D eigenvalue weighted by Gasteiger charge is -2.02. The van der Waals surface area contributed by atoms with E-state index in [2.05, 4.69) is 9.97 Å². The Bertz CT molecular complexity index is 481. The Kier molecular flexibility index (Phi) is 2.41. The summed E-state index contributed by atoms with van der Waals surface area (Å²) in [6.45, 7) is 3.56. The SMILES string of the molecule is Cc1nc2nc(C(C)Cl)c(F)cc2s1. The van der Waals surface area contributed by atoms with Crippen molar-refractivity contribution >= 4 is 33.3 Å². The van der Waals surface area contributed by atoms with Crippen LogP contribution < -0.4 is 0 Å². The van der Waals surface area contributed by atoms with Crippen LogP contribution in [0.2, 0.25) is 0 Å². The van der Waals surface area contributed by atoms with Gasteiger partial charge < -0.3 is 0 Å². The van der Waals surface area contributed by atoms with Gasteiger partial charge >= 0.3 is 0 Å². The molecule has 2 aromatic heterocycles. The Hall–Kier alpha value is -0.740. The molecular weight excluding hydrogens is 223 g/mol. The number of halogens is 2. The predicted molar refractivity (Wildman–Crippen MR) is 56.4 cm³/mol. The zero-order valence-electron chi connectivity index (χ0n) is 7.71. The minimum absolute atomic E-state index is 0.268. The third-order valence-corrected chi connectivity index (χ3v) is 2.96. The molecule has 0 spiro atoms. The average Bonchev–Trinajstić information content (AvgIpc) is 2.42. The van der Waals surface area contributed by atoms with Crippen LogP contribution in [0, 0.1) is 12.7 Å². The molecule has 0 fully saturated rings. The largest absolute Gasteiger partial charge is 0.228 e. The van der Waals surface area contributed by atoms with Crippen LogP contribution >= 0.6 is 22.9 Å². The van der Waals surface area contributed by atoms with E-state index in [9.17, 15) is 4.39 Å². The first-order valence-corrected chi connectivity index (χ1v) is 5.41. The molecule has 0 amide bonds. The van der Waals surface area contributed by atoms with E-state index in [1.54, 1.807) is 6.92 Å². The molecule has 0 saturated carbocycles. The van der Waals surface area contributed by atoms with E-state index in [4.69, 9.17) is 11.6 Å². The normalized spacial score (nSPS) is 13.4. The Labute approximate surface area is 89.8 Å². The van der Waals surface area contributed by atoms with Gasteiger partial charge in [0, 0.05) is 0 Å². The summed E-state index contributed by atoms with van der Waals surface area (Å²) in [5.41, 5.74) is 0.848. The molecule has 0 aliphatic carbocycles. The van der Waals surface area contributed by atoms with Gasteiger partial charge in [0.05, 0.1) is 20.8 Å². The molecular formula is C9H8ClFN2S. The molecule has 2 rings (SSSR count). The van der Waals surface area contributed by atoms with Crippen molar-refractivity contribution in [1.29, 1.82) is 0 Å². The fourth-order valence-electron chi connectivity index (χ4n) is 1.24. The maximum absolute atomic E-state index is 13.4. The molecule has 0 radical (unpaired) electrons. The zero-order valence-corrected chi connectivity index (χ0v) is 9.29. The van der Waals surface area contributed by atoms with Crippen molar-refractivity contribution in [2.75, 3.05) is 0 Å². The quantitative estimate of drug-likeness (QED) is 0.702. The van der Waals surface area contributed by atoms with Crippen molar-refractivity contribution in [1.82, 2.24) is 9.97 Å². The topological polar surface area (TPSA) is 25.8 Å². The Morgan fingerprint density at radius 2 is 2.21 bits per heavy atom. The van der Waals surface area contributed by atoms with E-state index in [0.717, 1.165) is 9.71 Å². The number of aromatic nitrogens is 2. The van der Waals surface area contributed by atoms with Gasteiger partial charge in [-0.15, -0.1) is 22.9 Å². The third kappa shape index (κ3) is 1.60. The molecule has 0 aromatic carbocycles. The van der Waals surface area contributed by atoms with Crippen LogP contribution in [-0.4, -0.2) is 9.97 Å². The van der Waals surface area contributed by atoms with Gasteiger partial charge in [0.25, 0.3) is 0 Å². The van der Waals surface area contributed by atoms with Crippen LogP contribution in [-0.2, 0) is 0 Å². The molecule has 0 bridgehead atoms. The molecule has 0 N–H and O–H groups in total. The van der Waals surface area contributed by atoms with Crippen molar-refractivity contribution in [3.63, 3.8) is 0 Å². The highest BCUT2D eigenvalue weighted by Gasteiger charge is 2.13. The summed E-state index contributed by atoms with van der Waals surface area (Å²) < 4.78 is 14.2. The number of hydrogen-bond acceptors (Lipinski definition) is 3. The van der Waals surface area contributed by atoms with Gasteiger partial charge in [-0.1, -0.05) is 0 Å². The van der Waals surface area contributed by atoms with E-state index in [1.807, 2.05) is 6.92 Å². The van der Waals surface area contributed by atoms with Gasteiger partial charge in [0.15, 0.2) is 5.65 Å². The lowest BCUT2D eigenvalue weighted by Crippen LogP contribution is -1.95. The molecule has 14 heavy (non-hydrogen) atoms. The molecule has 0 aliphatic heterocycles. The molecule has 0 saturated heterocycles. The van der Waals surface area contributed by atoms with E-state index in [-0.39, 0.29) is 11.5 Å². The molecule has 2 nitrogen and oxygen atoms in total. The number of rotatable bonds is 1. The van der Waals surface area contributed by atoms with Crippen LogP contribution in [0.3, 0.4) is 0 Å². The fourth-order valence-corrected chi connectivity index (χ4v) is 2.19. The standard InChI is InChI=1S/C9H8ClFN2S/c1-4(10)8-6(11)3-7-9(13-8)12-5(2)14-7/h3-4H,1-2H3. The van der Waals surface area contributed by atoms with Crippen LogP contribution in [0.15, 0.2) is 6.07 Å². The summed E-state index contributed by atoms with van der Waals surface area (Å²) in [5.74, 6) is -0.358. The van der Waals surface area contributed by atoms with Crippen molar-refractivity contribution in [3.05, 3.63) is 22.6 Å². The number of nitrogens with zero attached hydrogens (tertiary/aromatic N) is 2. The van der Waals surface area contributed by atoms with Crippen LogP contribution in [0.25, 0.3) is 10.3 Å². The van der Waals surface area contributed by atoms with Crippen LogP contribution in [0.5, 0.6) is 0 Å². The molecule has 1 unspecified atom stereocenters. The fraction of sp³-hybridized carbons (Fsp3) is 0.333. The van der Waals surface area contributed by atoms with Gasteiger partial charge in [0.2, 0.25) is 0 Å². The number of aryl methyl sites for hydroxylation is 1. The van der Waals surface area contributed by atoms with Gasteiger partial charge in [-0.25, -0.2) is 14.4 Å². The number of thiazole rings is 1. The first-order chi connectivity index (χ1) is 6.58. The Morgan fingerprint density at radius 3 is 2.86 bits per heavy atom. The smallest absolute Gasteiger partial charge is 0.171 e. The zero-order chi connectivity index (χ0) is 10.3. The monoisotopic (exact) mass is 230 g/mol. The molecule has 2 aromatic rings. The van der Waals surface area contributed by atoms with Crippen molar-refractivity contribution in [2.45, 2.75) is 19.2 Å². The Balaban J connectivity index is 2.70. The summed E-state index contributed by atoms with van der Waals surface area (Å²) in [4.78, 5) is 8.27. The molecule has 2 heterocycles. The highest BCUT2D eigenvalue weighted by Crippen LogP contribution is 2.26. The van der Waals surface area contributed by atoms with Crippen molar-refractivity contribution in [2.24, 2.45) is 0 Å². The second-order valence-electron chi connectivity index (χ2n) is 3.03. The summed E-state index contributed by atoms with van der Waals surface area (Å²) in [5, 5.41) is 0.452. The molecule has 1 atom stereocenters. The molecule has 5 heteroatoms. The molecule has 74 valence electrons. The maximum atomic E-state index is 13.4. The Morgan fingerprint density at radius 1 is 1.50 bits per heavy atom. The minimum atomic E-state index is -0.429. The number of pyridine rings is 1. The predicted octanol–water partition coefficient (Wildman–Crippen LogP) is 3.44. The van der Waals surface area contributed by atoms with Crippen LogP contribution in [0.4, 0.5) is 4.39 Å². The van der Waals surface area contributed by atoms with E-state index >= 15 is 0 Å². The van der Waals surface area contributed by atoms with E-state index in [0.29, 0.717) is 5.65 Å². The maximum Gasteiger partial charge on any atom is 0.171 e. The number of hydrogen-bond donors (Lipinski definition) is 0. The minimum Gasteiger partial charge on any atom is -0.228 e. The van der Waals surface area contributed by atoms with Gasteiger partial charge in [-0.05, 0) is 19.9 Å². The third-order valence-electron chi connectivity index (χ3n) is 1.85. The van der Waals surface area contributed by atoms with Gasteiger partial charge in [0.1, 0.15) is 5.82 Å². The first-order valence-electron chi connectivity index (χ1n) is 4.15. The highest BCUT2D eigenvalue weighted by molar-refractivity contribution is 7.18. The average molecular weight is 231 g/mol. The number of fused-ring (bicyclic) bond motifs is 1.